The van der Waals surface area contributed by atoms with Crippen molar-refractivity contribution in [2.45, 2.75) is 32.7 Å². The van der Waals surface area contributed by atoms with Crippen molar-refractivity contribution in [1.82, 2.24) is 15.1 Å². The molecular weight excluding hydrogens is 478 g/mol. The zero-order valence-corrected chi connectivity index (χ0v) is 21.5. The Labute approximate surface area is 222 Å². The van der Waals surface area contributed by atoms with E-state index in [1.807, 2.05) is 72.5 Å². The summed E-state index contributed by atoms with van der Waals surface area (Å²) in [5.74, 6) is 0.950. The maximum atomic E-state index is 12.9. The minimum atomic E-state index is -0.418. The predicted molar refractivity (Wildman–Crippen MR) is 144 cm³/mol. The maximum absolute atomic E-state index is 12.9. The molecule has 7 nitrogen and oxygen atoms in total. The van der Waals surface area contributed by atoms with Crippen molar-refractivity contribution in [2.24, 2.45) is 0 Å². The van der Waals surface area contributed by atoms with Crippen molar-refractivity contribution < 1.29 is 19.1 Å². The summed E-state index contributed by atoms with van der Waals surface area (Å²) in [6.07, 6.45) is 0.477. The molecule has 1 fully saturated rings. The first kappa shape index (κ1) is 25.1. The van der Waals surface area contributed by atoms with E-state index in [9.17, 15) is 9.59 Å². The summed E-state index contributed by atoms with van der Waals surface area (Å²) in [7, 11) is 0. The van der Waals surface area contributed by atoms with E-state index in [0.717, 1.165) is 28.1 Å². The van der Waals surface area contributed by atoms with Gasteiger partial charge in [0.1, 0.15) is 11.5 Å². The molecule has 2 heterocycles. The molecule has 1 saturated heterocycles. The van der Waals surface area contributed by atoms with Gasteiger partial charge in [-0.1, -0.05) is 36.4 Å². The minimum Gasteiger partial charge on any atom is -0.462 e. The van der Waals surface area contributed by atoms with Crippen molar-refractivity contribution in [2.75, 3.05) is 13.2 Å². The number of rotatable bonds is 8. The molecule has 5 rings (SSSR count). The van der Waals surface area contributed by atoms with Crippen LogP contribution >= 0.6 is 0 Å². The average Bonchev–Trinajstić information content (AvgIpc) is 3.31. The third-order valence-corrected chi connectivity index (χ3v) is 6.60. The van der Waals surface area contributed by atoms with Gasteiger partial charge in [-0.25, -0.2) is 4.79 Å². The number of aromatic nitrogens is 2. The van der Waals surface area contributed by atoms with Gasteiger partial charge in [-0.2, -0.15) is 10.2 Å². The first-order valence-corrected chi connectivity index (χ1v) is 12.7. The van der Waals surface area contributed by atoms with E-state index in [1.165, 1.54) is 0 Å². The van der Waals surface area contributed by atoms with Gasteiger partial charge in [0.05, 0.1) is 23.6 Å². The van der Waals surface area contributed by atoms with Crippen LogP contribution in [0.4, 0.5) is 0 Å². The molecule has 0 aliphatic carbocycles. The molecule has 1 aliphatic heterocycles. The van der Waals surface area contributed by atoms with Crippen LogP contribution in [0, 0.1) is 6.92 Å². The second-order valence-electron chi connectivity index (χ2n) is 9.32. The molecule has 1 aliphatic rings. The average molecular weight is 508 g/mol. The second kappa shape index (κ2) is 11.3. The molecule has 1 unspecified atom stereocenters. The summed E-state index contributed by atoms with van der Waals surface area (Å²) < 4.78 is 11.5. The molecule has 1 aromatic heterocycles. The van der Waals surface area contributed by atoms with Crippen LogP contribution in [0.25, 0.3) is 11.3 Å². The van der Waals surface area contributed by atoms with E-state index >= 15 is 0 Å². The van der Waals surface area contributed by atoms with E-state index < -0.39 is 5.97 Å². The number of esters is 1. The van der Waals surface area contributed by atoms with Crippen molar-refractivity contribution in [3.8, 4) is 22.8 Å². The number of ether oxygens (including phenoxy) is 2. The van der Waals surface area contributed by atoms with Gasteiger partial charge in [0, 0.05) is 36.6 Å². The summed E-state index contributed by atoms with van der Waals surface area (Å²) >= 11 is 0. The zero-order chi connectivity index (χ0) is 26.5. The molecule has 1 atom stereocenters. The van der Waals surface area contributed by atoms with E-state index in [-0.39, 0.29) is 18.4 Å². The molecule has 192 valence electrons. The van der Waals surface area contributed by atoms with E-state index in [1.54, 1.807) is 19.1 Å². The SMILES string of the molecule is CCOC(=O)c1ccc(CN2CC(c3ccccc3)CC2=O)c(Oc2ccc(-c3ccc(C)nn3)cc2)c1. The molecule has 4 aromatic rings. The van der Waals surface area contributed by atoms with Gasteiger partial charge in [0.2, 0.25) is 5.91 Å². The zero-order valence-electron chi connectivity index (χ0n) is 21.5. The molecule has 0 spiro atoms. The van der Waals surface area contributed by atoms with Gasteiger partial charge < -0.3 is 14.4 Å². The van der Waals surface area contributed by atoms with Gasteiger partial charge in [-0.15, -0.1) is 0 Å². The Morgan fingerprint density at radius 2 is 1.76 bits per heavy atom. The van der Waals surface area contributed by atoms with Crippen LogP contribution in [0.2, 0.25) is 0 Å². The fraction of sp³-hybridized carbons (Fsp3) is 0.226. The van der Waals surface area contributed by atoms with E-state index in [4.69, 9.17) is 9.47 Å². The Bertz CT molecular complexity index is 1420. The summed E-state index contributed by atoms with van der Waals surface area (Å²) in [6, 6.07) is 26.7. The van der Waals surface area contributed by atoms with E-state index in [0.29, 0.717) is 36.6 Å². The number of aryl methyl sites for hydroxylation is 1. The van der Waals surface area contributed by atoms with Crippen LogP contribution in [0.15, 0.2) is 84.9 Å². The number of benzene rings is 3. The lowest BCUT2D eigenvalue weighted by atomic mass is 9.98. The standard InChI is InChI=1S/C31H29N3O4/c1-3-37-31(36)24-10-11-25(19-34-20-26(18-30(34)35)22-7-5-4-6-8-22)29(17-24)38-27-14-12-23(13-15-27)28-16-9-21(2)32-33-28/h4-17,26H,3,18-20H2,1-2H3. The van der Waals surface area contributed by atoms with Gasteiger partial charge in [-0.3, -0.25) is 4.79 Å². The fourth-order valence-electron chi connectivity index (χ4n) is 4.57. The highest BCUT2D eigenvalue weighted by molar-refractivity contribution is 5.90. The van der Waals surface area contributed by atoms with Crippen molar-refractivity contribution in [1.29, 1.82) is 0 Å². The van der Waals surface area contributed by atoms with Crippen molar-refractivity contribution >= 4 is 11.9 Å². The molecule has 0 N–H and O–H groups in total. The quantitative estimate of drug-likeness (QED) is 0.275. The molecular formula is C31H29N3O4. The minimum absolute atomic E-state index is 0.0998. The third kappa shape index (κ3) is 5.72. The van der Waals surface area contributed by atoms with Crippen LogP contribution in [-0.2, 0) is 16.1 Å². The number of hydrogen-bond acceptors (Lipinski definition) is 6. The molecule has 3 aromatic carbocycles. The van der Waals surface area contributed by atoms with Crippen LogP contribution in [0.3, 0.4) is 0 Å². The summed E-state index contributed by atoms with van der Waals surface area (Å²) in [5, 5.41) is 8.36. The number of carbonyl (C=O) groups is 2. The Morgan fingerprint density at radius 1 is 0.974 bits per heavy atom. The lowest BCUT2D eigenvalue weighted by Gasteiger charge is -2.20. The summed E-state index contributed by atoms with van der Waals surface area (Å²) in [5.41, 5.74) is 4.92. The van der Waals surface area contributed by atoms with Crippen molar-refractivity contribution in [3.63, 3.8) is 0 Å². The molecule has 0 bridgehead atoms. The first-order chi connectivity index (χ1) is 18.5. The molecule has 0 saturated carbocycles. The van der Waals surface area contributed by atoms with Crippen molar-refractivity contribution in [3.05, 3.63) is 107 Å². The van der Waals surface area contributed by atoms with E-state index in [2.05, 4.69) is 22.3 Å². The number of hydrogen-bond donors (Lipinski definition) is 0. The lowest BCUT2D eigenvalue weighted by Crippen LogP contribution is -2.24. The fourth-order valence-corrected chi connectivity index (χ4v) is 4.57. The molecule has 1 amide bonds. The predicted octanol–water partition coefficient (Wildman–Crippen LogP) is 5.94. The van der Waals surface area contributed by atoms with Gasteiger partial charge >= 0.3 is 5.97 Å². The van der Waals surface area contributed by atoms with Gasteiger partial charge in [0.15, 0.2) is 0 Å². The number of carbonyl (C=O) groups excluding carboxylic acids is 2. The molecule has 7 heteroatoms. The van der Waals surface area contributed by atoms with Crippen LogP contribution < -0.4 is 4.74 Å². The number of likely N-dealkylation sites (tertiary alicyclic amines) is 1. The Morgan fingerprint density at radius 3 is 2.47 bits per heavy atom. The number of amides is 1. The number of nitrogens with zero attached hydrogens (tertiary/aromatic N) is 3. The normalized spacial score (nSPS) is 14.9. The van der Waals surface area contributed by atoms with Gasteiger partial charge in [0.25, 0.3) is 0 Å². The molecule has 38 heavy (non-hydrogen) atoms. The Balaban J connectivity index is 1.38. The largest absolute Gasteiger partial charge is 0.462 e. The highest BCUT2D eigenvalue weighted by Gasteiger charge is 2.31. The van der Waals surface area contributed by atoms with Crippen LogP contribution in [0.5, 0.6) is 11.5 Å². The van der Waals surface area contributed by atoms with Gasteiger partial charge in [-0.05, 0) is 67.9 Å². The summed E-state index contributed by atoms with van der Waals surface area (Å²) in [6.45, 7) is 4.97. The highest BCUT2D eigenvalue weighted by atomic mass is 16.5. The second-order valence-corrected chi connectivity index (χ2v) is 9.32. The highest BCUT2D eigenvalue weighted by Crippen LogP contribution is 2.33. The monoisotopic (exact) mass is 507 g/mol. The third-order valence-electron chi connectivity index (χ3n) is 6.60. The van der Waals surface area contributed by atoms with Crippen LogP contribution in [-0.4, -0.2) is 40.1 Å². The smallest absolute Gasteiger partial charge is 0.338 e. The lowest BCUT2D eigenvalue weighted by molar-refractivity contribution is -0.128. The molecule has 0 radical (unpaired) electrons. The maximum Gasteiger partial charge on any atom is 0.338 e. The topological polar surface area (TPSA) is 81.6 Å². The Kier molecular flexibility index (Phi) is 7.45. The first-order valence-electron chi connectivity index (χ1n) is 12.7. The Hall–Kier alpha value is -4.52. The van der Waals surface area contributed by atoms with Crippen LogP contribution in [0.1, 0.15) is 46.4 Å². The summed E-state index contributed by atoms with van der Waals surface area (Å²) in [4.78, 5) is 27.2.